The highest BCUT2D eigenvalue weighted by Gasteiger charge is 2.17. The first-order valence-corrected chi connectivity index (χ1v) is 11.7. The molecule has 0 unspecified atom stereocenters. The van der Waals surface area contributed by atoms with Crippen LogP contribution in [0, 0.1) is 0 Å². The Hall–Kier alpha value is -3.69. The molecule has 9 heteroatoms. The molecular weight excluding hydrogens is 444 g/mol. The van der Waals surface area contributed by atoms with E-state index in [9.17, 15) is 4.79 Å². The normalized spacial score (nSPS) is 12.4. The molecule has 7 nitrogen and oxygen atoms in total. The van der Waals surface area contributed by atoms with Crippen molar-refractivity contribution >= 4 is 38.7 Å². The van der Waals surface area contributed by atoms with Gasteiger partial charge in [-0.1, -0.05) is 30.3 Å². The van der Waals surface area contributed by atoms with Crippen LogP contribution in [-0.2, 0) is 11.2 Å². The molecule has 0 spiro atoms. The number of nitrogens with zero attached hydrogens (tertiary/aromatic N) is 3. The second-order valence-electron chi connectivity index (χ2n) is 7.20. The van der Waals surface area contributed by atoms with Crippen LogP contribution in [0.15, 0.2) is 65.5 Å². The molecule has 1 N–H and O–H groups in total. The summed E-state index contributed by atoms with van der Waals surface area (Å²) in [6.45, 7) is 0.233. The maximum absolute atomic E-state index is 12.7. The van der Waals surface area contributed by atoms with E-state index < -0.39 is 0 Å². The van der Waals surface area contributed by atoms with Crippen LogP contribution in [0.5, 0.6) is 11.5 Å². The third-order valence-electron chi connectivity index (χ3n) is 5.11. The van der Waals surface area contributed by atoms with Crippen LogP contribution in [0.1, 0.15) is 5.69 Å². The molecule has 6 rings (SSSR count). The molecule has 0 radical (unpaired) electrons. The number of thiazole rings is 2. The summed E-state index contributed by atoms with van der Waals surface area (Å²) in [7, 11) is 0. The SMILES string of the molecule is O=C(Cc1csc2nc(-c3ccccc3)cn12)Nc1nc(-c2ccc3c(c2)OCO3)cs1. The van der Waals surface area contributed by atoms with Crippen LogP contribution in [-0.4, -0.2) is 27.1 Å². The number of ether oxygens (including phenoxy) is 2. The lowest BCUT2D eigenvalue weighted by molar-refractivity contribution is -0.115. The van der Waals surface area contributed by atoms with E-state index in [0.717, 1.165) is 38.9 Å². The number of rotatable bonds is 5. The van der Waals surface area contributed by atoms with Gasteiger partial charge in [-0.25, -0.2) is 9.97 Å². The molecule has 158 valence electrons. The smallest absolute Gasteiger partial charge is 0.232 e. The molecule has 1 aliphatic heterocycles. The van der Waals surface area contributed by atoms with Gasteiger partial charge >= 0.3 is 0 Å². The zero-order valence-electron chi connectivity index (χ0n) is 16.6. The predicted molar refractivity (Wildman–Crippen MR) is 125 cm³/mol. The topological polar surface area (TPSA) is 77.8 Å². The van der Waals surface area contributed by atoms with E-state index in [4.69, 9.17) is 9.47 Å². The third-order valence-corrected chi connectivity index (χ3v) is 6.76. The summed E-state index contributed by atoms with van der Waals surface area (Å²) in [5.74, 6) is 1.32. The number of carbonyl (C=O) groups excluding carboxylic acids is 1. The second-order valence-corrected chi connectivity index (χ2v) is 8.90. The fraction of sp³-hybridized carbons (Fsp3) is 0.0870. The Labute approximate surface area is 190 Å². The molecule has 0 aliphatic carbocycles. The van der Waals surface area contributed by atoms with Crippen LogP contribution >= 0.6 is 22.7 Å². The van der Waals surface area contributed by atoms with Gasteiger partial charge in [-0.3, -0.25) is 9.20 Å². The molecule has 3 aromatic heterocycles. The average molecular weight is 461 g/mol. The average Bonchev–Trinajstić information content (AvgIpc) is 3.59. The Morgan fingerprint density at radius 1 is 0.969 bits per heavy atom. The number of benzene rings is 2. The molecule has 32 heavy (non-hydrogen) atoms. The highest BCUT2D eigenvalue weighted by Crippen LogP contribution is 2.36. The summed E-state index contributed by atoms with van der Waals surface area (Å²) in [6.07, 6.45) is 2.22. The van der Waals surface area contributed by atoms with E-state index in [1.807, 2.05) is 69.9 Å². The van der Waals surface area contributed by atoms with Gasteiger partial charge in [0.25, 0.3) is 0 Å². The van der Waals surface area contributed by atoms with E-state index in [0.29, 0.717) is 10.9 Å². The van der Waals surface area contributed by atoms with Gasteiger partial charge in [0.1, 0.15) is 0 Å². The van der Waals surface area contributed by atoms with Crippen molar-refractivity contribution in [2.75, 3.05) is 12.1 Å². The summed E-state index contributed by atoms with van der Waals surface area (Å²) >= 11 is 2.92. The molecule has 0 bridgehead atoms. The Morgan fingerprint density at radius 2 is 1.84 bits per heavy atom. The van der Waals surface area contributed by atoms with E-state index in [-0.39, 0.29) is 19.1 Å². The number of imidazole rings is 1. The van der Waals surface area contributed by atoms with Gasteiger partial charge in [-0.2, -0.15) is 0 Å². The number of hydrogen-bond acceptors (Lipinski definition) is 7. The zero-order valence-corrected chi connectivity index (χ0v) is 18.3. The molecule has 0 atom stereocenters. The van der Waals surface area contributed by atoms with Gasteiger partial charge in [0.05, 0.1) is 17.8 Å². The molecule has 5 aromatic rings. The first-order valence-electron chi connectivity index (χ1n) is 9.89. The molecule has 4 heterocycles. The minimum absolute atomic E-state index is 0.119. The Bertz CT molecular complexity index is 1440. The molecule has 0 fully saturated rings. The summed E-state index contributed by atoms with van der Waals surface area (Å²) in [6, 6.07) is 15.7. The first-order chi connectivity index (χ1) is 15.7. The minimum Gasteiger partial charge on any atom is -0.454 e. The Balaban J connectivity index is 1.17. The molecule has 0 saturated heterocycles. The lowest BCUT2D eigenvalue weighted by Crippen LogP contribution is -2.15. The number of nitrogens with one attached hydrogen (secondary N) is 1. The summed E-state index contributed by atoms with van der Waals surface area (Å²) in [5.41, 5.74) is 4.54. The molecule has 1 aliphatic rings. The lowest BCUT2D eigenvalue weighted by atomic mass is 10.1. The predicted octanol–water partition coefficient (Wildman–Crippen LogP) is 5.10. The molecule has 2 aromatic carbocycles. The summed E-state index contributed by atoms with van der Waals surface area (Å²) in [4.78, 5) is 22.8. The van der Waals surface area contributed by atoms with Gasteiger partial charge < -0.3 is 14.8 Å². The molecule has 0 saturated carbocycles. The quantitative estimate of drug-likeness (QED) is 0.395. The first kappa shape index (κ1) is 19.0. The van der Waals surface area contributed by atoms with Gasteiger partial charge in [0.15, 0.2) is 21.6 Å². The maximum Gasteiger partial charge on any atom is 0.232 e. The van der Waals surface area contributed by atoms with Gasteiger partial charge in [-0.15, -0.1) is 22.7 Å². The van der Waals surface area contributed by atoms with Crippen molar-refractivity contribution in [3.63, 3.8) is 0 Å². The Kier molecular flexibility index (Phi) is 4.62. The van der Waals surface area contributed by atoms with Crippen molar-refractivity contribution in [2.24, 2.45) is 0 Å². The van der Waals surface area contributed by atoms with Crippen LogP contribution in [0.25, 0.3) is 27.5 Å². The minimum atomic E-state index is -0.119. The lowest BCUT2D eigenvalue weighted by Gasteiger charge is -2.02. The Morgan fingerprint density at radius 3 is 2.75 bits per heavy atom. The van der Waals surface area contributed by atoms with Gasteiger partial charge in [0.2, 0.25) is 12.7 Å². The van der Waals surface area contributed by atoms with Crippen molar-refractivity contribution in [3.05, 3.63) is 71.2 Å². The molecular formula is C23H16N4O3S2. The summed E-state index contributed by atoms with van der Waals surface area (Å²) in [5, 5.41) is 7.35. The van der Waals surface area contributed by atoms with Crippen molar-refractivity contribution < 1.29 is 14.3 Å². The van der Waals surface area contributed by atoms with E-state index in [1.165, 1.54) is 22.7 Å². The van der Waals surface area contributed by atoms with Crippen molar-refractivity contribution in [1.29, 1.82) is 0 Å². The van der Waals surface area contributed by atoms with Crippen LogP contribution < -0.4 is 14.8 Å². The fourth-order valence-corrected chi connectivity index (χ4v) is 5.16. The van der Waals surface area contributed by atoms with Crippen molar-refractivity contribution in [1.82, 2.24) is 14.4 Å². The van der Waals surface area contributed by atoms with Crippen LogP contribution in [0.4, 0.5) is 5.13 Å². The van der Waals surface area contributed by atoms with Crippen LogP contribution in [0.2, 0.25) is 0 Å². The van der Waals surface area contributed by atoms with E-state index >= 15 is 0 Å². The van der Waals surface area contributed by atoms with Crippen molar-refractivity contribution in [3.8, 4) is 34.0 Å². The van der Waals surface area contributed by atoms with Gasteiger partial charge in [0, 0.05) is 33.8 Å². The largest absolute Gasteiger partial charge is 0.454 e. The van der Waals surface area contributed by atoms with Crippen LogP contribution in [0.3, 0.4) is 0 Å². The maximum atomic E-state index is 12.7. The van der Waals surface area contributed by atoms with E-state index in [1.54, 1.807) is 0 Å². The number of carbonyl (C=O) groups is 1. The second kappa shape index (κ2) is 7.77. The third kappa shape index (κ3) is 3.51. The van der Waals surface area contributed by atoms with Crippen molar-refractivity contribution in [2.45, 2.75) is 6.42 Å². The zero-order chi connectivity index (χ0) is 21.5. The molecule has 1 amide bonds. The standard InChI is InChI=1S/C23H16N4O3S2/c28-21(9-16-11-32-23-25-17(10-27(16)23)14-4-2-1-3-5-14)26-22-24-18(12-31-22)15-6-7-19-20(8-15)30-13-29-19/h1-8,10-12H,9,13H2,(H,24,26,28). The number of hydrogen-bond donors (Lipinski definition) is 1. The summed E-state index contributed by atoms with van der Waals surface area (Å²) < 4.78 is 12.8. The van der Waals surface area contributed by atoms with E-state index in [2.05, 4.69) is 15.3 Å². The highest BCUT2D eigenvalue weighted by atomic mass is 32.1. The number of amides is 1. The monoisotopic (exact) mass is 460 g/mol. The highest BCUT2D eigenvalue weighted by molar-refractivity contribution is 7.15. The number of aromatic nitrogens is 3. The number of anilines is 1. The number of fused-ring (bicyclic) bond motifs is 2. The fourth-order valence-electron chi connectivity index (χ4n) is 3.55. The van der Waals surface area contributed by atoms with Gasteiger partial charge in [-0.05, 0) is 18.2 Å².